The van der Waals surface area contributed by atoms with Crippen LogP contribution in [0.25, 0.3) is 0 Å². The molecule has 1 aromatic heterocycles. The number of ether oxygens (including phenoxy) is 2. The van der Waals surface area contributed by atoms with Gasteiger partial charge in [0, 0.05) is 12.2 Å². The van der Waals surface area contributed by atoms with Gasteiger partial charge in [0.2, 0.25) is 5.91 Å². The zero-order valence-electron chi connectivity index (χ0n) is 23.5. The summed E-state index contributed by atoms with van der Waals surface area (Å²) in [6.45, 7) is 5.37. The number of aromatic nitrogens is 4. The average Bonchev–Trinajstić information content (AvgIpc) is 3.51. The van der Waals surface area contributed by atoms with Crippen LogP contribution < -0.4 is 14.8 Å². The predicted molar refractivity (Wildman–Crippen MR) is 160 cm³/mol. The van der Waals surface area contributed by atoms with E-state index < -0.39 is 6.04 Å². The molecule has 10 heteroatoms. The van der Waals surface area contributed by atoms with E-state index in [0.29, 0.717) is 40.5 Å². The largest absolute Gasteiger partial charge is 0.490 e. The molecule has 4 aromatic rings. The van der Waals surface area contributed by atoms with E-state index in [0.717, 1.165) is 31.4 Å². The van der Waals surface area contributed by atoms with Gasteiger partial charge in [0.25, 0.3) is 0 Å². The molecule has 1 atom stereocenters. The van der Waals surface area contributed by atoms with Gasteiger partial charge >= 0.3 is 0 Å². The second-order valence-electron chi connectivity index (χ2n) is 9.89. The van der Waals surface area contributed by atoms with Crippen molar-refractivity contribution < 1.29 is 14.3 Å². The third-order valence-corrected chi connectivity index (χ3v) is 7.00. The van der Waals surface area contributed by atoms with Gasteiger partial charge < -0.3 is 14.8 Å². The lowest BCUT2D eigenvalue weighted by atomic mass is 9.97. The highest BCUT2D eigenvalue weighted by Gasteiger charge is 2.29. The highest BCUT2D eigenvalue weighted by atomic mass is 35.5. The van der Waals surface area contributed by atoms with Crippen molar-refractivity contribution in [2.24, 2.45) is 5.92 Å². The molecule has 0 saturated carbocycles. The molecule has 1 heterocycles. The molecule has 3 aromatic carbocycles. The first kappa shape index (κ1) is 30.0. The average molecular weight is 577 g/mol. The van der Waals surface area contributed by atoms with Crippen molar-refractivity contribution in [3.63, 3.8) is 0 Å². The fourth-order valence-corrected chi connectivity index (χ4v) is 4.97. The zero-order valence-corrected chi connectivity index (χ0v) is 24.3. The fourth-order valence-electron chi connectivity index (χ4n) is 4.78. The molecule has 0 saturated heterocycles. The van der Waals surface area contributed by atoms with E-state index in [9.17, 15) is 4.79 Å². The van der Waals surface area contributed by atoms with E-state index in [4.69, 9.17) is 21.1 Å². The second-order valence-corrected chi connectivity index (χ2v) is 10.3. The van der Waals surface area contributed by atoms with Crippen LogP contribution in [0.1, 0.15) is 51.4 Å². The van der Waals surface area contributed by atoms with E-state index in [1.807, 2.05) is 72.8 Å². The lowest BCUT2D eigenvalue weighted by molar-refractivity contribution is -0.118. The highest BCUT2D eigenvalue weighted by molar-refractivity contribution is 6.32. The van der Waals surface area contributed by atoms with Crippen molar-refractivity contribution in [1.82, 2.24) is 25.5 Å². The summed E-state index contributed by atoms with van der Waals surface area (Å²) in [7, 11) is 0. The molecular weight excluding hydrogens is 540 g/mol. The lowest BCUT2D eigenvalue weighted by Gasteiger charge is -2.32. The number of benzene rings is 3. The van der Waals surface area contributed by atoms with E-state index in [1.165, 1.54) is 0 Å². The number of H-pyrrole nitrogens is 1. The molecule has 9 nitrogen and oxygen atoms in total. The Morgan fingerprint density at radius 3 is 2.29 bits per heavy atom. The molecule has 4 rings (SSSR count). The molecule has 216 valence electrons. The number of rotatable bonds is 16. The molecule has 41 heavy (non-hydrogen) atoms. The van der Waals surface area contributed by atoms with Crippen molar-refractivity contribution in [2.75, 3.05) is 25.0 Å². The van der Waals surface area contributed by atoms with Gasteiger partial charge in [0.15, 0.2) is 5.82 Å². The van der Waals surface area contributed by atoms with Crippen LogP contribution >= 0.6 is 11.6 Å². The Morgan fingerprint density at radius 2 is 1.63 bits per heavy atom. The van der Waals surface area contributed by atoms with Crippen molar-refractivity contribution in [3.8, 4) is 17.2 Å². The van der Waals surface area contributed by atoms with Crippen LogP contribution in [0.15, 0.2) is 78.9 Å². The first-order valence-corrected chi connectivity index (χ1v) is 14.4. The van der Waals surface area contributed by atoms with Crippen LogP contribution in [0.5, 0.6) is 17.2 Å². The number of halogens is 1. The van der Waals surface area contributed by atoms with Crippen LogP contribution in [-0.2, 0) is 4.79 Å². The predicted octanol–water partition coefficient (Wildman–Crippen LogP) is 6.92. The first-order valence-electron chi connectivity index (χ1n) is 14.0. The first-order chi connectivity index (χ1) is 20.1. The minimum Gasteiger partial charge on any atom is -0.490 e. The Morgan fingerprint density at radius 1 is 0.951 bits per heavy atom. The van der Waals surface area contributed by atoms with Crippen LogP contribution in [0.2, 0.25) is 5.02 Å². The van der Waals surface area contributed by atoms with Gasteiger partial charge in [-0.15, -0.1) is 10.2 Å². The number of carbonyl (C=O) groups excluding carboxylic acids is 1. The molecular formula is C31H37ClN6O3. The number of nitrogens with one attached hydrogen (secondary N) is 2. The van der Waals surface area contributed by atoms with E-state index in [2.05, 4.69) is 44.7 Å². The van der Waals surface area contributed by atoms with Crippen molar-refractivity contribution >= 4 is 23.2 Å². The number of aromatic amines is 1. The number of nitrogens with zero attached hydrogens (tertiary/aromatic N) is 4. The minimum absolute atomic E-state index is 0.122. The quantitative estimate of drug-likeness (QED) is 0.149. The number of hydrogen-bond donors (Lipinski definition) is 2. The van der Waals surface area contributed by atoms with E-state index in [-0.39, 0.29) is 19.1 Å². The topological polar surface area (TPSA) is 105 Å². The standard InChI is InChI=1S/C31H37ClN6O3/c1-3-10-23(11-4-2)20-38(28(31-34-36-37-35-31)22-40-29-15-9-8-14-27(29)32)21-30(39)33-24-16-18-26(19-17-24)41-25-12-6-5-7-13-25/h5-9,12-19,23,28H,3-4,10-11,20-22H2,1-2H3,(H,33,39)(H,34,35,36,37). The molecule has 0 spiro atoms. The van der Waals surface area contributed by atoms with Crippen LogP contribution in [-0.4, -0.2) is 51.1 Å². The Kier molecular flexibility index (Phi) is 11.5. The Hall–Kier alpha value is -3.95. The number of carbonyl (C=O) groups is 1. The summed E-state index contributed by atoms with van der Waals surface area (Å²) < 4.78 is 12.0. The van der Waals surface area contributed by atoms with Crippen molar-refractivity contribution in [2.45, 2.75) is 45.6 Å². The van der Waals surface area contributed by atoms with Gasteiger partial charge in [0.05, 0.1) is 11.6 Å². The Balaban J connectivity index is 1.49. The smallest absolute Gasteiger partial charge is 0.238 e. The molecule has 0 radical (unpaired) electrons. The van der Waals surface area contributed by atoms with Crippen molar-refractivity contribution in [1.29, 1.82) is 0 Å². The minimum atomic E-state index is -0.423. The molecule has 0 aliphatic carbocycles. The highest BCUT2D eigenvalue weighted by Crippen LogP contribution is 2.28. The maximum absolute atomic E-state index is 13.4. The molecule has 0 aliphatic rings. The molecule has 1 amide bonds. The molecule has 1 unspecified atom stereocenters. The van der Waals surface area contributed by atoms with Gasteiger partial charge in [0.1, 0.15) is 29.9 Å². The summed E-state index contributed by atoms with van der Waals surface area (Å²) in [4.78, 5) is 15.5. The van der Waals surface area contributed by atoms with Gasteiger partial charge in [-0.05, 0) is 67.3 Å². The molecule has 0 fully saturated rings. The van der Waals surface area contributed by atoms with E-state index in [1.54, 1.807) is 6.07 Å². The van der Waals surface area contributed by atoms with Gasteiger partial charge in [-0.25, -0.2) is 0 Å². The number of hydrogen-bond acceptors (Lipinski definition) is 7. The summed E-state index contributed by atoms with van der Waals surface area (Å²) in [5, 5.41) is 18.4. The maximum Gasteiger partial charge on any atom is 0.238 e. The van der Waals surface area contributed by atoms with E-state index >= 15 is 0 Å². The molecule has 0 bridgehead atoms. The summed E-state index contributed by atoms with van der Waals surface area (Å²) in [5.41, 5.74) is 0.678. The fraction of sp³-hybridized carbons (Fsp3) is 0.355. The van der Waals surface area contributed by atoms with Crippen LogP contribution in [0.3, 0.4) is 0 Å². The molecule has 2 N–H and O–H groups in total. The Bertz CT molecular complexity index is 1320. The summed E-state index contributed by atoms with van der Waals surface area (Å²) in [5.74, 6) is 2.70. The third-order valence-electron chi connectivity index (χ3n) is 6.68. The SMILES string of the molecule is CCCC(CCC)CN(CC(=O)Nc1ccc(Oc2ccccc2)cc1)C(COc1ccccc1Cl)c1nn[nH]n1. The zero-order chi connectivity index (χ0) is 28.9. The second kappa shape index (κ2) is 15.7. The number of para-hydroxylation sites is 2. The third kappa shape index (κ3) is 9.30. The monoisotopic (exact) mass is 576 g/mol. The van der Waals surface area contributed by atoms with Gasteiger partial charge in [-0.1, -0.05) is 73.8 Å². The lowest BCUT2D eigenvalue weighted by Crippen LogP contribution is -2.42. The Labute approximate surface area is 246 Å². The van der Waals surface area contributed by atoms with Gasteiger partial charge in [-0.2, -0.15) is 5.21 Å². The summed E-state index contributed by atoms with van der Waals surface area (Å²) in [6.07, 6.45) is 4.23. The number of anilines is 1. The normalized spacial score (nSPS) is 11.9. The number of amides is 1. The maximum atomic E-state index is 13.4. The summed E-state index contributed by atoms with van der Waals surface area (Å²) >= 11 is 6.35. The number of tetrazole rings is 1. The van der Waals surface area contributed by atoms with Crippen LogP contribution in [0.4, 0.5) is 5.69 Å². The van der Waals surface area contributed by atoms with Gasteiger partial charge in [-0.3, -0.25) is 9.69 Å². The molecule has 0 aliphatic heterocycles. The van der Waals surface area contributed by atoms with Crippen molar-refractivity contribution in [3.05, 3.63) is 89.7 Å². The summed E-state index contributed by atoms with van der Waals surface area (Å²) in [6, 6.07) is 23.8. The van der Waals surface area contributed by atoms with Crippen LogP contribution in [0, 0.1) is 5.92 Å².